The van der Waals surface area contributed by atoms with Gasteiger partial charge in [-0.2, -0.15) is 0 Å². The largest absolute Gasteiger partial charge is 0.497 e. The molecule has 0 bridgehead atoms. The molecule has 0 spiro atoms. The maximum Gasteiger partial charge on any atom is 0.264 e. The van der Waals surface area contributed by atoms with Crippen molar-refractivity contribution in [2.45, 2.75) is 30.8 Å². The van der Waals surface area contributed by atoms with Crippen LogP contribution in [-0.2, 0) is 27.9 Å². The molecule has 1 fully saturated rings. The van der Waals surface area contributed by atoms with Gasteiger partial charge in [-0.05, 0) is 61.3 Å². The van der Waals surface area contributed by atoms with E-state index in [1.807, 2.05) is 18.2 Å². The van der Waals surface area contributed by atoms with Crippen LogP contribution < -0.4 is 19.1 Å². The molecule has 1 aliphatic heterocycles. The summed E-state index contributed by atoms with van der Waals surface area (Å²) in [6, 6.07) is 20.9. The number of carbonyl (C=O) groups excluding carboxylic acids is 1. The molecule has 1 saturated heterocycles. The number of anilines is 1. The van der Waals surface area contributed by atoms with E-state index in [-0.39, 0.29) is 10.6 Å². The highest BCUT2D eigenvalue weighted by Gasteiger charge is 2.30. The fourth-order valence-electron chi connectivity index (χ4n) is 4.46. The average molecular weight is 524 g/mol. The summed E-state index contributed by atoms with van der Waals surface area (Å²) in [5, 5.41) is 2.92. The van der Waals surface area contributed by atoms with Crippen molar-refractivity contribution in [3.05, 3.63) is 83.9 Å². The van der Waals surface area contributed by atoms with Crippen molar-refractivity contribution in [1.82, 2.24) is 10.2 Å². The van der Waals surface area contributed by atoms with E-state index in [0.29, 0.717) is 18.0 Å². The molecule has 1 aliphatic rings. The van der Waals surface area contributed by atoms with Gasteiger partial charge < -0.3 is 14.8 Å². The molecule has 37 heavy (non-hydrogen) atoms. The van der Waals surface area contributed by atoms with Crippen molar-refractivity contribution in [3.63, 3.8) is 0 Å². The molecular weight excluding hydrogens is 490 g/mol. The van der Waals surface area contributed by atoms with E-state index in [2.05, 4.69) is 16.3 Å². The fourth-order valence-corrected chi connectivity index (χ4v) is 5.90. The molecule has 4 rings (SSSR count). The first kappa shape index (κ1) is 26.5. The summed E-state index contributed by atoms with van der Waals surface area (Å²) in [6.45, 7) is 2.87. The summed E-state index contributed by atoms with van der Waals surface area (Å²) in [4.78, 5) is 15.7. The van der Waals surface area contributed by atoms with Crippen LogP contribution in [0.4, 0.5) is 5.69 Å². The van der Waals surface area contributed by atoms with Crippen LogP contribution in [0.25, 0.3) is 0 Å². The molecule has 0 saturated carbocycles. The Hall–Kier alpha value is -3.56. The van der Waals surface area contributed by atoms with Gasteiger partial charge >= 0.3 is 0 Å². The number of ether oxygens (including phenoxy) is 2. The highest BCUT2D eigenvalue weighted by molar-refractivity contribution is 7.92. The lowest BCUT2D eigenvalue weighted by molar-refractivity contribution is -0.119. The number of nitrogens with zero attached hydrogens (tertiary/aromatic N) is 2. The minimum Gasteiger partial charge on any atom is -0.497 e. The molecule has 9 heteroatoms. The molecule has 0 unspecified atom stereocenters. The Morgan fingerprint density at radius 1 is 0.919 bits per heavy atom. The third-order valence-corrected chi connectivity index (χ3v) is 8.23. The highest BCUT2D eigenvalue weighted by atomic mass is 32.2. The Morgan fingerprint density at radius 2 is 1.59 bits per heavy atom. The van der Waals surface area contributed by atoms with E-state index in [0.717, 1.165) is 35.1 Å². The number of hydrogen-bond acceptors (Lipinski definition) is 6. The van der Waals surface area contributed by atoms with Gasteiger partial charge in [-0.3, -0.25) is 14.0 Å². The quantitative estimate of drug-likeness (QED) is 0.411. The fraction of sp³-hybridized carbons (Fsp3) is 0.321. The van der Waals surface area contributed by atoms with Crippen LogP contribution in [0.5, 0.6) is 11.5 Å². The van der Waals surface area contributed by atoms with E-state index in [4.69, 9.17) is 9.47 Å². The normalized spacial score (nSPS) is 13.8. The van der Waals surface area contributed by atoms with Crippen molar-refractivity contribution >= 4 is 21.6 Å². The van der Waals surface area contributed by atoms with Crippen LogP contribution in [0, 0.1) is 0 Å². The van der Waals surface area contributed by atoms with Crippen LogP contribution in [0.15, 0.2) is 77.7 Å². The molecular formula is C28H33N3O5S. The number of carbonyl (C=O) groups is 1. The topological polar surface area (TPSA) is 88.2 Å². The smallest absolute Gasteiger partial charge is 0.264 e. The van der Waals surface area contributed by atoms with E-state index in [9.17, 15) is 13.2 Å². The summed E-state index contributed by atoms with van der Waals surface area (Å²) in [6.07, 6.45) is 2.41. The van der Waals surface area contributed by atoms with Crippen molar-refractivity contribution in [2.24, 2.45) is 0 Å². The maximum atomic E-state index is 13.7. The van der Waals surface area contributed by atoms with Crippen molar-refractivity contribution in [1.29, 1.82) is 0 Å². The second kappa shape index (κ2) is 12.1. The van der Waals surface area contributed by atoms with Gasteiger partial charge in [0.15, 0.2) is 0 Å². The van der Waals surface area contributed by atoms with Gasteiger partial charge in [-0.25, -0.2) is 8.42 Å². The van der Waals surface area contributed by atoms with Gasteiger partial charge in [0.25, 0.3) is 10.0 Å². The predicted octanol–water partition coefficient (Wildman–Crippen LogP) is 3.81. The minimum atomic E-state index is -4.08. The summed E-state index contributed by atoms with van der Waals surface area (Å²) in [7, 11) is -1.13. The van der Waals surface area contributed by atoms with E-state index >= 15 is 0 Å². The third kappa shape index (κ3) is 6.42. The highest BCUT2D eigenvalue weighted by Crippen LogP contribution is 2.35. The minimum absolute atomic E-state index is 0.0728. The zero-order valence-electron chi connectivity index (χ0n) is 21.2. The van der Waals surface area contributed by atoms with Gasteiger partial charge in [0.05, 0.1) is 24.8 Å². The first-order valence-corrected chi connectivity index (χ1v) is 13.7. The number of methoxy groups -OCH3 is 2. The Balaban J connectivity index is 1.58. The molecule has 3 aromatic rings. The summed E-state index contributed by atoms with van der Waals surface area (Å²) in [5.41, 5.74) is 2.39. The summed E-state index contributed by atoms with van der Waals surface area (Å²) < 4.78 is 39.2. The Morgan fingerprint density at radius 3 is 2.27 bits per heavy atom. The Kier molecular flexibility index (Phi) is 8.68. The van der Waals surface area contributed by atoms with Crippen LogP contribution in [0.2, 0.25) is 0 Å². The number of hydrogen-bond donors (Lipinski definition) is 1. The van der Waals surface area contributed by atoms with Gasteiger partial charge in [-0.15, -0.1) is 0 Å². The molecule has 0 radical (unpaired) electrons. The van der Waals surface area contributed by atoms with Crippen LogP contribution >= 0.6 is 0 Å². The molecule has 0 atom stereocenters. The van der Waals surface area contributed by atoms with Crippen LogP contribution in [-0.4, -0.2) is 53.1 Å². The Bertz CT molecular complexity index is 1310. The molecule has 0 aromatic heterocycles. The van der Waals surface area contributed by atoms with Gasteiger partial charge in [-0.1, -0.05) is 42.5 Å². The number of likely N-dealkylation sites (tertiary alicyclic amines) is 1. The molecule has 3 aromatic carbocycles. The van der Waals surface area contributed by atoms with Gasteiger partial charge in [0.2, 0.25) is 5.91 Å². The standard InChI is InChI=1S/C28H33N3O5S/c1-35-24-14-15-27(36-2)26(18-24)31(37(33,34)25-12-4-3-5-13-25)21-28(32)29-19-22-10-6-7-11-23(22)20-30-16-8-9-17-30/h3-7,10-15,18H,8-9,16-17,19-21H2,1-2H3,(H,29,32). The number of nitrogens with one attached hydrogen (secondary N) is 1. The lowest BCUT2D eigenvalue weighted by Gasteiger charge is -2.26. The second-order valence-electron chi connectivity index (χ2n) is 8.89. The lowest BCUT2D eigenvalue weighted by atomic mass is 10.1. The second-order valence-corrected chi connectivity index (χ2v) is 10.8. The number of sulfonamides is 1. The van der Waals surface area contributed by atoms with Gasteiger partial charge in [0, 0.05) is 19.2 Å². The number of rotatable bonds is 11. The molecule has 1 heterocycles. The van der Waals surface area contributed by atoms with Crippen molar-refractivity contribution in [3.8, 4) is 11.5 Å². The SMILES string of the molecule is COc1ccc(OC)c(N(CC(=O)NCc2ccccc2CN2CCCC2)S(=O)(=O)c2ccccc2)c1. The molecule has 0 aliphatic carbocycles. The predicted molar refractivity (Wildman–Crippen MR) is 143 cm³/mol. The van der Waals surface area contributed by atoms with E-state index < -0.39 is 22.5 Å². The first-order chi connectivity index (χ1) is 17.9. The van der Waals surface area contributed by atoms with Crippen molar-refractivity contribution in [2.75, 3.05) is 38.2 Å². The Labute approximate surface area is 218 Å². The first-order valence-electron chi connectivity index (χ1n) is 12.3. The average Bonchev–Trinajstić information content (AvgIpc) is 3.44. The lowest BCUT2D eigenvalue weighted by Crippen LogP contribution is -2.41. The molecule has 8 nitrogen and oxygen atoms in total. The van der Waals surface area contributed by atoms with Crippen molar-refractivity contribution < 1.29 is 22.7 Å². The molecule has 196 valence electrons. The summed E-state index contributed by atoms with van der Waals surface area (Å²) >= 11 is 0. The zero-order chi connectivity index (χ0) is 26.3. The van der Waals surface area contributed by atoms with Crippen LogP contribution in [0.1, 0.15) is 24.0 Å². The zero-order valence-corrected chi connectivity index (χ0v) is 22.0. The van der Waals surface area contributed by atoms with Gasteiger partial charge in [0.1, 0.15) is 18.0 Å². The molecule has 1 amide bonds. The van der Waals surface area contributed by atoms with E-state index in [1.54, 1.807) is 36.4 Å². The summed E-state index contributed by atoms with van der Waals surface area (Å²) in [5.74, 6) is 0.324. The molecule has 1 N–H and O–H groups in total. The maximum absolute atomic E-state index is 13.7. The number of benzene rings is 3. The van der Waals surface area contributed by atoms with Crippen LogP contribution in [0.3, 0.4) is 0 Å². The monoisotopic (exact) mass is 523 g/mol. The third-order valence-electron chi connectivity index (χ3n) is 6.46. The van der Waals surface area contributed by atoms with E-state index in [1.165, 1.54) is 39.2 Å². The number of amides is 1.